The summed E-state index contributed by atoms with van der Waals surface area (Å²) in [5.41, 5.74) is 2.08. The Morgan fingerprint density at radius 3 is 2.94 bits per heavy atom. The monoisotopic (exact) mass is 216 g/mol. The van der Waals surface area contributed by atoms with Gasteiger partial charge in [-0.3, -0.25) is 10.1 Å². The summed E-state index contributed by atoms with van der Waals surface area (Å²) in [7, 11) is 0. The second-order valence-corrected chi connectivity index (χ2v) is 3.54. The summed E-state index contributed by atoms with van der Waals surface area (Å²) < 4.78 is 0. The highest BCUT2D eigenvalue weighted by Gasteiger charge is 2.09. The van der Waals surface area contributed by atoms with Crippen molar-refractivity contribution in [2.24, 2.45) is 0 Å². The molecule has 4 heteroatoms. The van der Waals surface area contributed by atoms with Crippen LogP contribution in [0, 0.1) is 10.1 Å². The highest BCUT2D eigenvalue weighted by atomic mass is 16.6. The lowest BCUT2D eigenvalue weighted by Crippen LogP contribution is -1.96. The van der Waals surface area contributed by atoms with Gasteiger partial charge in [0.1, 0.15) is 0 Å². The van der Waals surface area contributed by atoms with Crippen LogP contribution < -0.4 is 0 Å². The Hall–Kier alpha value is -2.10. The number of allylic oxidation sites excluding steroid dienone is 1. The largest absolute Gasteiger partial charge is 0.361 e. The molecule has 1 aromatic carbocycles. The third-order valence-electron chi connectivity index (χ3n) is 2.54. The second-order valence-electron chi connectivity index (χ2n) is 3.54. The molecular weight excluding hydrogens is 204 g/mol. The fourth-order valence-corrected chi connectivity index (χ4v) is 1.68. The fraction of sp³-hybridized carbons (Fsp3) is 0.167. The predicted octanol–water partition coefficient (Wildman–Crippen LogP) is 3.20. The minimum atomic E-state index is -0.332. The normalized spacial score (nSPS) is 11.9. The van der Waals surface area contributed by atoms with Crippen molar-refractivity contribution in [2.45, 2.75) is 13.3 Å². The summed E-state index contributed by atoms with van der Waals surface area (Å²) in [6.45, 7) is 1.78. The zero-order valence-electron chi connectivity index (χ0n) is 8.93. The zero-order valence-corrected chi connectivity index (χ0v) is 8.93. The van der Waals surface area contributed by atoms with Crippen LogP contribution in [0.1, 0.15) is 18.9 Å². The van der Waals surface area contributed by atoms with Gasteiger partial charge in [-0.25, -0.2) is 0 Å². The number of rotatable bonds is 3. The molecule has 1 N–H and O–H groups in total. The van der Waals surface area contributed by atoms with E-state index in [9.17, 15) is 10.1 Å². The number of aromatic nitrogens is 1. The molecule has 0 bridgehead atoms. The van der Waals surface area contributed by atoms with E-state index in [-0.39, 0.29) is 10.6 Å². The zero-order chi connectivity index (χ0) is 11.5. The molecule has 0 spiro atoms. The van der Waals surface area contributed by atoms with Crippen molar-refractivity contribution in [3.8, 4) is 0 Å². The van der Waals surface area contributed by atoms with Gasteiger partial charge in [0, 0.05) is 35.2 Å². The maximum absolute atomic E-state index is 10.7. The summed E-state index contributed by atoms with van der Waals surface area (Å²) in [5.74, 6) is 0. The summed E-state index contributed by atoms with van der Waals surface area (Å²) in [4.78, 5) is 13.5. The molecule has 82 valence electrons. The molecule has 4 nitrogen and oxygen atoms in total. The maximum atomic E-state index is 10.7. The van der Waals surface area contributed by atoms with Crippen molar-refractivity contribution in [3.63, 3.8) is 0 Å². The van der Waals surface area contributed by atoms with E-state index in [1.807, 2.05) is 24.3 Å². The predicted molar refractivity (Wildman–Crippen MR) is 63.6 cm³/mol. The van der Waals surface area contributed by atoms with E-state index in [1.165, 1.54) is 0 Å². The number of aromatic amines is 1. The van der Waals surface area contributed by atoms with Gasteiger partial charge in [-0.2, -0.15) is 0 Å². The van der Waals surface area contributed by atoms with Gasteiger partial charge in [-0.15, -0.1) is 0 Å². The molecule has 2 aromatic rings. The number of para-hydroxylation sites is 1. The molecule has 0 fully saturated rings. The first kappa shape index (κ1) is 10.4. The van der Waals surface area contributed by atoms with Crippen molar-refractivity contribution in [2.75, 3.05) is 0 Å². The Balaban J connectivity index is 2.52. The van der Waals surface area contributed by atoms with E-state index in [0.717, 1.165) is 16.5 Å². The Morgan fingerprint density at radius 2 is 2.25 bits per heavy atom. The molecule has 0 saturated carbocycles. The van der Waals surface area contributed by atoms with Gasteiger partial charge in [-0.1, -0.05) is 25.1 Å². The Morgan fingerprint density at radius 1 is 1.50 bits per heavy atom. The molecule has 1 heterocycles. The number of hydrogen-bond donors (Lipinski definition) is 1. The van der Waals surface area contributed by atoms with Crippen molar-refractivity contribution in [1.29, 1.82) is 0 Å². The van der Waals surface area contributed by atoms with E-state index in [1.54, 1.807) is 19.2 Å². The summed E-state index contributed by atoms with van der Waals surface area (Å²) in [5, 5.41) is 11.7. The second kappa shape index (κ2) is 4.18. The first-order valence-corrected chi connectivity index (χ1v) is 5.13. The molecule has 0 atom stereocenters. The van der Waals surface area contributed by atoms with Gasteiger partial charge < -0.3 is 4.98 Å². The molecule has 16 heavy (non-hydrogen) atoms. The fourth-order valence-electron chi connectivity index (χ4n) is 1.68. The van der Waals surface area contributed by atoms with Crippen molar-refractivity contribution in [1.82, 2.24) is 4.98 Å². The van der Waals surface area contributed by atoms with Crippen molar-refractivity contribution < 1.29 is 4.92 Å². The lowest BCUT2D eigenvalue weighted by Gasteiger charge is -1.94. The first-order chi connectivity index (χ1) is 7.72. The van der Waals surface area contributed by atoms with Crippen LogP contribution in [0.2, 0.25) is 0 Å². The van der Waals surface area contributed by atoms with Crippen LogP contribution in [0.15, 0.2) is 36.2 Å². The van der Waals surface area contributed by atoms with Crippen molar-refractivity contribution >= 4 is 17.0 Å². The van der Waals surface area contributed by atoms with Crippen LogP contribution >= 0.6 is 0 Å². The molecule has 0 radical (unpaired) electrons. The number of nitro groups is 1. The minimum absolute atomic E-state index is 0.227. The number of benzene rings is 1. The number of nitrogens with zero attached hydrogens (tertiary/aromatic N) is 1. The first-order valence-electron chi connectivity index (χ1n) is 5.13. The van der Waals surface area contributed by atoms with Crippen LogP contribution in [0.25, 0.3) is 17.0 Å². The molecule has 1 aromatic heterocycles. The molecule has 0 unspecified atom stereocenters. The molecule has 2 rings (SSSR count). The standard InChI is InChI=1S/C12H12N2O2/c1-2-10(14(15)16)7-9-8-13-12-6-4-3-5-11(9)12/h3-8,13H,2H2,1H3. The average molecular weight is 216 g/mol. The van der Waals surface area contributed by atoms with Gasteiger partial charge >= 0.3 is 0 Å². The van der Waals surface area contributed by atoms with Gasteiger partial charge in [0.25, 0.3) is 0 Å². The molecule has 0 amide bonds. The van der Waals surface area contributed by atoms with Crippen molar-refractivity contribution in [3.05, 3.63) is 51.8 Å². The molecule has 0 aliphatic heterocycles. The van der Waals surface area contributed by atoms with E-state index in [2.05, 4.69) is 4.98 Å². The topological polar surface area (TPSA) is 58.9 Å². The van der Waals surface area contributed by atoms with Crippen LogP contribution in [-0.4, -0.2) is 9.91 Å². The molecule has 0 aliphatic rings. The van der Waals surface area contributed by atoms with E-state index >= 15 is 0 Å². The number of H-pyrrole nitrogens is 1. The Labute approximate surface area is 92.7 Å². The third kappa shape index (κ3) is 1.82. The smallest absolute Gasteiger partial charge is 0.246 e. The van der Waals surface area contributed by atoms with E-state index in [4.69, 9.17) is 0 Å². The Kier molecular flexibility index (Phi) is 2.72. The highest BCUT2D eigenvalue weighted by Crippen LogP contribution is 2.21. The minimum Gasteiger partial charge on any atom is -0.361 e. The molecular formula is C12H12N2O2. The third-order valence-corrected chi connectivity index (χ3v) is 2.54. The highest BCUT2D eigenvalue weighted by molar-refractivity contribution is 5.88. The van der Waals surface area contributed by atoms with Gasteiger partial charge in [-0.05, 0) is 6.07 Å². The SMILES string of the molecule is CCC(=Cc1c[nH]c2ccccc12)[N+](=O)[O-]. The molecule has 0 aliphatic carbocycles. The van der Waals surface area contributed by atoms with Crippen LogP contribution in [0.5, 0.6) is 0 Å². The lowest BCUT2D eigenvalue weighted by atomic mass is 10.1. The van der Waals surface area contributed by atoms with E-state index in [0.29, 0.717) is 6.42 Å². The quantitative estimate of drug-likeness (QED) is 0.632. The van der Waals surface area contributed by atoms with E-state index < -0.39 is 0 Å². The summed E-state index contributed by atoms with van der Waals surface area (Å²) >= 11 is 0. The van der Waals surface area contributed by atoms with Gasteiger partial charge in [0.2, 0.25) is 5.70 Å². The summed E-state index contributed by atoms with van der Waals surface area (Å²) in [6, 6.07) is 7.75. The van der Waals surface area contributed by atoms with Crippen LogP contribution in [0.3, 0.4) is 0 Å². The van der Waals surface area contributed by atoms with Gasteiger partial charge in [0.05, 0.1) is 4.92 Å². The average Bonchev–Trinajstić information content (AvgIpc) is 2.69. The maximum Gasteiger partial charge on any atom is 0.246 e. The summed E-state index contributed by atoms with van der Waals surface area (Å²) in [6.07, 6.45) is 3.84. The van der Waals surface area contributed by atoms with Gasteiger partial charge in [0.15, 0.2) is 0 Å². The van der Waals surface area contributed by atoms with Crippen LogP contribution in [-0.2, 0) is 0 Å². The molecule has 0 saturated heterocycles. The number of hydrogen-bond acceptors (Lipinski definition) is 2. The lowest BCUT2D eigenvalue weighted by molar-refractivity contribution is -0.425. The van der Waals surface area contributed by atoms with Crippen LogP contribution in [0.4, 0.5) is 0 Å². The number of nitrogens with one attached hydrogen (secondary N) is 1. The number of fused-ring (bicyclic) bond motifs is 1. The Bertz CT molecular complexity index is 555.